The van der Waals surface area contributed by atoms with Gasteiger partial charge in [-0.1, -0.05) is 19.9 Å². The van der Waals surface area contributed by atoms with Crippen molar-refractivity contribution >= 4 is 17.4 Å². The number of methoxy groups -OCH3 is 2. The number of ether oxygens (including phenoxy) is 2. The molecule has 0 fully saturated rings. The first kappa shape index (κ1) is 24.9. The Bertz CT molecular complexity index is 1310. The van der Waals surface area contributed by atoms with Crippen LogP contribution in [0.3, 0.4) is 0 Å². The van der Waals surface area contributed by atoms with Crippen LogP contribution < -0.4 is 14.4 Å². The third-order valence-corrected chi connectivity index (χ3v) is 6.63. The fourth-order valence-electron chi connectivity index (χ4n) is 4.43. The van der Waals surface area contributed by atoms with E-state index < -0.39 is 5.41 Å². The SMILES string of the molecule is C=CC(C)(C)c1cc(C2CC(c3ccc(O)cc3)=NC(=N)N2c2ccc(OC)cc2)c(OC)cc1O. The Hall–Kier alpha value is -4.26. The summed E-state index contributed by atoms with van der Waals surface area (Å²) in [5, 5.41) is 29.5. The second kappa shape index (κ2) is 9.77. The van der Waals surface area contributed by atoms with Crippen molar-refractivity contribution in [1.29, 1.82) is 5.41 Å². The summed E-state index contributed by atoms with van der Waals surface area (Å²) in [6.45, 7) is 7.92. The fourth-order valence-corrected chi connectivity index (χ4v) is 4.43. The van der Waals surface area contributed by atoms with Crippen molar-refractivity contribution in [2.24, 2.45) is 4.99 Å². The maximum atomic E-state index is 10.8. The second-order valence-electron chi connectivity index (χ2n) is 9.25. The highest BCUT2D eigenvalue weighted by Gasteiger charge is 2.34. The number of anilines is 1. The van der Waals surface area contributed by atoms with Crippen molar-refractivity contribution in [1.82, 2.24) is 0 Å². The summed E-state index contributed by atoms with van der Waals surface area (Å²) < 4.78 is 11.0. The van der Waals surface area contributed by atoms with E-state index in [1.165, 1.54) is 0 Å². The number of hydrogen-bond donors (Lipinski definition) is 3. The Balaban J connectivity index is 1.91. The number of aliphatic imine (C=N–C) groups is 1. The summed E-state index contributed by atoms with van der Waals surface area (Å²) >= 11 is 0. The molecule has 0 bridgehead atoms. The van der Waals surface area contributed by atoms with Crippen LogP contribution in [0, 0.1) is 5.41 Å². The van der Waals surface area contributed by atoms with Crippen molar-refractivity contribution in [2.45, 2.75) is 31.7 Å². The van der Waals surface area contributed by atoms with Gasteiger partial charge in [0.05, 0.1) is 26.0 Å². The number of nitrogens with one attached hydrogen (secondary N) is 1. The summed E-state index contributed by atoms with van der Waals surface area (Å²) in [5.41, 5.74) is 3.34. The van der Waals surface area contributed by atoms with Gasteiger partial charge in [0, 0.05) is 34.7 Å². The molecule has 186 valence electrons. The molecule has 0 saturated carbocycles. The quantitative estimate of drug-likeness (QED) is 0.359. The average Bonchev–Trinajstić information content (AvgIpc) is 2.88. The first-order valence-electron chi connectivity index (χ1n) is 11.6. The van der Waals surface area contributed by atoms with Gasteiger partial charge in [-0.3, -0.25) is 5.41 Å². The van der Waals surface area contributed by atoms with E-state index in [9.17, 15) is 10.2 Å². The number of allylic oxidation sites excluding steroid dienone is 1. The van der Waals surface area contributed by atoms with Crippen LogP contribution in [0.2, 0.25) is 0 Å². The number of hydrogen-bond acceptors (Lipinski definition) is 5. The molecule has 7 nitrogen and oxygen atoms in total. The van der Waals surface area contributed by atoms with Crippen molar-refractivity contribution in [3.8, 4) is 23.0 Å². The molecule has 3 N–H and O–H groups in total. The van der Waals surface area contributed by atoms with Gasteiger partial charge in [0.15, 0.2) is 0 Å². The Morgan fingerprint density at radius 1 is 1.03 bits per heavy atom. The minimum Gasteiger partial charge on any atom is -0.508 e. The van der Waals surface area contributed by atoms with E-state index in [0.717, 1.165) is 22.5 Å². The lowest BCUT2D eigenvalue weighted by atomic mass is 9.81. The number of benzene rings is 3. The molecular weight excluding hydrogens is 454 g/mol. The van der Waals surface area contributed by atoms with Crippen LogP contribution in [0.4, 0.5) is 5.69 Å². The first-order valence-corrected chi connectivity index (χ1v) is 11.6. The van der Waals surface area contributed by atoms with Crippen LogP contribution in [-0.2, 0) is 5.41 Å². The number of phenols is 2. The van der Waals surface area contributed by atoms with Gasteiger partial charge in [-0.05, 0) is 60.2 Å². The monoisotopic (exact) mass is 485 g/mol. The van der Waals surface area contributed by atoms with Crippen molar-refractivity contribution in [3.05, 3.63) is 90.0 Å². The molecule has 1 aliphatic rings. The lowest BCUT2D eigenvalue weighted by molar-refractivity contribution is 0.395. The predicted octanol–water partition coefficient (Wildman–Crippen LogP) is 5.95. The molecule has 7 heteroatoms. The van der Waals surface area contributed by atoms with E-state index in [1.54, 1.807) is 50.6 Å². The van der Waals surface area contributed by atoms with Crippen LogP contribution in [0.25, 0.3) is 0 Å². The highest BCUT2D eigenvalue weighted by atomic mass is 16.5. The Labute approximate surface area is 211 Å². The van der Waals surface area contributed by atoms with Crippen LogP contribution in [0.5, 0.6) is 23.0 Å². The first-order chi connectivity index (χ1) is 17.2. The van der Waals surface area contributed by atoms with Crippen LogP contribution in [0.1, 0.15) is 43.0 Å². The molecule has 1 aliphatic heterocycles. The average molecular weight is 486 g/mol. The molecule has 0 amide bonds. The highest BCUT2D eigenvalue weighted by molar-refractivity contribution is 6.13. The Morgan fingerprint density at radius 3 is 2.28 bits per heavy atom. The van der Waals surface area contributed by atoms with E-state index >= 15 is 0 Å². The topological polar surface area (TPSA) is 98.4 Å². The van der Waals surface area contributed by atoms with E-state index in [2.05, 4.69) is 11.6 Å². The molecule has 3 aromatic rings. The zero-order chi connectivity index (χ0) is 26.0. The molecular formula is C29H31N3O4. The van der Waals surface area contributed by atoms with E-state index in [0.29, 0.717) is 23.5 Å². The van der Waals surface area contributed by atoms with Crippen LogP contribution >= 0.6 is 0 Å². The van der Waals surface area contributed by atoms with Gasteiger partial charge in [0.1, 0.15) is 23.0 Å². The van der Waals surface area contributed by atoms with Crippen molar-refractivity contribution in [2.75, 3.05) is 19.1 Å². The van der Waals surface area contributed by atoms with E-state index in [-0.39, 0.29) is 23.5 Å². The van der Waals surface area contributed by atoms with Gasteiger partial charge in [-0.25, -0.2) is 4.99 Å². The lowest BCUT2D eigenvalue weighted by Gasteiger charge is -2.37. The van der Waals surface area contributed by atoms with Crippen molar-refractivity contribution in [3.63, 3.8) is 0 Å². The molecule has 1 unspecified atom stereocenters. The summed E-state index contributed by atoms with van der Waals surface area (Å²) in [7, 11) is 3.18. The summed E-state index contributed by atoms with van der Waals surface area (Å²) in [6, 6.07) is 17.5. The van der Waals surface area contributed by atoms with Gasteiger partial charge in [-0.2, -0.15) is 0 Å². The molecule has 4 rings (SSSR count). The largest absolute Gasteiger partial charge is 0.508 e. The number of aromatic hydroxyl groups is 2. The molecule has 0 aliphatic carbocycles. The standard InChI is InChI=1S/C29H31N3O4/c1-6-29(2,3)23-15-22(27(36-5)17-26(23)34)25-16-24(18-7-11-20(33)12-8-18)31-28(30)32(25)19-9-13-21(35-4)14-10-19/h6-15,17,25,30,33-34H,1,16H2,2-5H3. The Morgan fingerprint density at radius 2 is 1.69 bits per heavy atom. The van der Waals surface area contributed by atoms with E-state index in [4.69, 9.17) is 14.9 Å². The van der Waals surface area contributed by atoms with Gasteiger partial charge in [0.2, 0.25) is 5.96 Å². The molecule has 1 atom stereocenters. The summed E-state index contributed by atoms with van der Waals surface area (Å²) in [5.74, 6) is 1.58. The van der Waals surface area contributed by atoms with Crippen molar-refractivity contribution < 1.29 is 19.7 Å². The maximum absolute atomic E-state index is 10.8. The summed E-state index contributed by atoms with van der Waals surface area (Å²) in [6.07, 6.45) is 2.26. The molecule has 1 heterocycles. The highest BCUT2D eigenvalue weighted by Crippen LogP contribution is 2.44. The predicted molar refractivity (Wildman–Crippen MR) is 143 cm³/mol. The maximum Gasteiger partial charge on any atom is 0.223 e. The second-order valence-corrected chi connectivity index (χ2v) is 9.25. The van der Waals surface area contributed by atoms with E-state index in [1.807, 2.05) is 49.1 Å². The zero-order valence-electron chi connectivity index (χ0n) is 20.9. The smallest absolute Gasteiger partial charge is 0.223 e. The molecule has 0 saturated heterocycles. The third-order valence-electron chi connectivity index (χ3n) is 6.63. The van der Waals surface area contributed by atoms with Gasteiger partial charge in [0.25, 0.3) is 0 Å². The molecule has 0 aromatic heterocycles. The third kappa shape index (κ3) is 4.64. The summed E-state index contributed by atoms with van der Waals surface area (Å²) in [4.78, 5) is 6.48. The fraction of sp³-hybridized carbons (Fsp3) is 0.241. The van der Waals surface area contributed by atoms with Crippen LogP contribution in [0.15, 0.2) is 78.3 Å². The molecule has 3 aromatic carbocycles. The molecule has 0 spiro atoms. The van der Waals surface area contributed by atoms with Gasteiger partial charge >= 0.3 is 0 Å². The molecule has 36 heavy (non-hydrogen) atoms. The van der Waals surface area contributed by atoms with Gasteiger partial charge < -0.3 is 24.6 Å². The number of rotatable bonds is 7. The Kier molecular flexibility index (Phi) is 6.75. The van der Waals surface area contributed by atoms with Crippen LogP contribution in [-0.4, -0.2) is 36.1 Å². The number of nitrogens with zero attached hydrogens (tertiary/aromatic N) is 2. The molecule has 0 radical (unpaired) electrons. The minimum atomic E-state index is -0.494. The number of guanidine groups is 1. The normalized spacial score (nSPS) is 15.9. The zero-order valence-corrected chi connectivity index (χ0v) is 20.9. The van der Waals surface area contributed by atoms with Gasteiger partial charge in [-0.15, -0.1) is 6.58 Å². The number of phenolic OH excluding ortho intramolecular Hbond substituents is 2. The minimum absolute atomic E-state index is 0.0687. The lowest BCUT2D eigenvalue weighted by Crippen LogP contribution is -2.39.